The van der Waals surface area contributed by atoms with E-state index in [4.69, 9.17) is 0 Å². The number of ether oxygens (including phenoxy) is 1. The number of nitrogens with one attached hydrogen (secondary N) is 2. The van der Waals surface area contributed by atoms with Gasteiger partial charge < -0.3 is 15.4 Å². The fraction of sp³-hybridized carbons (Fsp3) is 0.714. The van der Waals surface area contributed by atoms with Gasteiger partial charge in [0.2, 0.25) is 0 Å². The Labute approximate surface area is 71.2 Å². The Morgan fingerprint density at radius 3 is 3.17 bits per heavy atom. The molecule has 0 saturated carbocycles. The number of hydrogen-bond donors (Lipinski definition) is 2. The van der Waals surface area contributed by atoms with Gasteiger partial charge in [0.1, 0.15) is 6.54 Å². The monoisotopic (exact) mass is 171 g/mol. The number of carbonyl (C=O) groups excluding carboxylic acids is 1. The number of nitrogens with zero attached hydrogens (tertiary/aromatic N) is 1. The largest absolute Gasteiger partial charge is 0.468 e. The van der Waals surface area contributed by atoms with Gasteiger partial charge in [0.25, 0.3) is 0 Å². The lowest BCUT2D eigenvalue weighted by atomic mass is 10.4. The van der Waals surface area contributed by atoms with E-state index in [0.29, 0.717) is 12.0 Å². The first kappa shape index (κ1) is 8.83. The molecule has 0 aromatic rings. The lowest BCUT2D eigenvalue weighted by molar-refractivity contribution is -0.139. The van der Waals surface area contributed by atoms with E-state index in [2.05, 4.69) is 20.4 Å². The Kier molecular flexibility index (Phi) is 2.90. The molecule has 5 nitrogen and oxygen atoms in total. The molecule has 0 aliphatic carbocycles. The van der Waals surface area contributed by atoms with Crippen LogP contribution in [0.1, 0.15) is 6.92 Å². The Morgan fingerprint density at radius 1 is 1.92 bits per heavy atom. The van der Waals surface area contributed by atoms with Crippen LogP contribution in [0.15, 0.2) is 4.99 Å². The number of methoxy groups -OCH3 is 1. The SMILES string of the molecule is COC(=O)CNC1=NCC(C)N1. The highest BCUT2D eigenvalue weighted by Gasteiger charge is 2.12. The average molecular weight is 171 g/mol. The van der Waals surface area contributed by atoms with E-state index in [-0.39, 0.29) is 12.5 Å². The highest BCUT2D eigenvalue weighted by Crippen LogP contribution is 1.91. The third-order valence-corrected chi connectivity index (χ3v) is 1.53. The van der Waals surface area contributed by atoms with E-state index >= 15 is 0 Å². The van der Waals surface area contributed by atoms with Crippen LogP contribution < -0.4 is 10.6 Å². The molecule has 1 rings (SSSR count). The van der Waals surface area contributed by atoms with Gasteiger partial charge in [-0.1, -0.05) is 0 Å². The Hall–Kier alpha value is -1.26. The second-order valence-electron chi connectivity index (χ2n) is 2.66. The van der Waals surface area contributed by atoms with Gasteiger partial charge >= 0.3 is 5.97 Å². The summed E-state index contributed by atoms with van der Waals surface area (Å²) in [5, 5.41) is 5.89. The van der Waals surface area contributed by atoms with Crippen LogP contribution in [-0.2, 0) is 9.53 Å². The zero-order chi connectivity index (χ0) is 8.97. The van der Waals surface area contributed by atoms with E-state index in [1.807, 2.05) is 6.92 Å². The summed E-state index contributed by atoms with van der Waals surface area (Å²) in [4.78, 5) is 14.8. The van der Waals surface area contributed by atoms with Crippen molar-refractivity contribution in [3.63, 3.8) is 0 Å². The predicted octanol–water partition coefficient (Wildman–Crippen LogP) is -0.903. The lowest BCUT2D eigenvalue weighted by Crippen LogP contribution is -2.40. The molecule has 12 heavy (non-hydrogen) atoms. The molecular weight excluding hydrogens is 158 g/mol. The summed E-state index contributed by atoms with van der Waals surface area (Å²) in [6, 6.07) is 0.352. The van der Waals surface area contributed by atoms with Gasteiger partial charge in [0, 0.05) is 6.04 Å². The summed E-state index contributed by atoms with van der Waals surface area (Å²) < 4.78 is 4.45. The molecule has 0 bridgehead atoms. The predicted molar refractivity (Wildman–Crippen MR) is 44.9 cm³/mol. The maximum absolute atomic E-state index is 10.7. The van der Waals surface area contributed by atoms with Crippen molar-refractivity contribution in [2.75, 3.05) is 20.2 Å². The molecule has 1 aliphatic rings. The molecule has 1 heterocycles. The van der Waals surface area contributed by atoms with E-state index in [1.165, 1.54) is 7.11 Å². The van der Waals surface area contributed by atoms with Crippen LogP contribution in [0.2, 0.25) is 0 Å². The number of esters is 1. The van der Waals surface area contributed by atoms with E-state index in [1.54, 1.807) is 0 Å². The first-order chi connectivity index (χ1) is 5.72. The molecular formula is C7H13N3O2. The number of carbonyl (C=O) groups is 1. The molecule has 0 fully saturated rings. The molecule has 2 N–H and O–H groups in total. The minimum absolute atomic E-state index is 0.162. The third-order valence-electron chi connectivity index (χ3n) is 1.53. The standard InChI is InChI=1S/C7H13N3O2/c1-5-3-8-7(10-5)9-4-6(11)12-2/h5H,3-4H2,1-2H3,(H2,8,9,10). The molecule has 1 unspecified atom stereocenters. The summed E-state index contributed by atoms with van der Waals surface area (Å²) in [7, 11) is 1.36. The summed E-state index contributed by atoms with van der Waals surface area (Å²) in [6.07, 6.45) is 0. The van der Waals surface area contributed by atoms with Crippen molar-refractivity contribution in [1.29, 1.82) is 0 Å². The van der Waals surface area contributed by atoms with Gasteiger partial charge in [-0.25, -0.2) is 0 Å². The molecule has 1 atom stereocenters. The van der Waals surface area contributed by atoms with E-state index in [0.717, 1.165) is 6.54 Å². The second-order valence-corrected chi connectivity index (χ2v) is 2.66. The summed E-state index contributed by atoms with van der Waals surface area (Å²) in [5.41, 5.74) is 0. The smallest absolute Gasteiger partial charge is 0.325 e. The first-order valence-electron chi connectivity index (χ1n) is 3.84. The van der Waals surface area contributed by atoms with Crippen LogP contribution in [-0.4, -0.2) is 38.2 Å². The average Bonchev–Trinajstić information content (AvgIpc) is 2.47. The van der Waals surface area contributed by atoms with Crippen LogP contribution >= 0.6 is 0 Å². The van der Waals surface area contributed by atoms with Gasteiger partial charge in [0.05, 0.1) is 13.7 Å². The molecule has 1 aliphatic heterocycles. The van der Waals surface area contributed by atoms with Crippen molar-refractivity contribution in [1.82, 2.24) is 10.6 Å². The van der Waals surface area contributed by atoms with Crippen LogP contribution in [0.4, 0.5) is 0 Å². The van der Waals surface area contributed by atoms with Gasteiger partial charge in [0.15, 0.2) is 5.96 Å². The van der Waals surface area contributed by atoms with Crippen LogP contribution in [0.3, 0.4) is 0 Å². The Morgan fingerprint density at radius 2 is 2.67 bits per heavy atom. The number of aliphatic imine (C=N–C) groups is 1. The Balaban J connectivity index is 2.20. The zero-order valence-electron chi connectivity index (χ0n) is 7.26. The minimum atomic E-state index is -0.293. The maximum atomic E-state index is 10.7. The normalized spacial score (nSPS) is 21.2. The number of rotatable bonds is 2. The second kappa shape index (κ2) is 3.94. The molecule has 0 spiro atoms. The summed E-state index contributed by atoms with van der Waals surface area (Å²) in [6.45, 7) is 2.94. The van der Waals surface area contributed by atoms with Gasteiger partial charge in [-0.15, -0.1) is 0 Å². The topological polar surface area (TPSA) is 62.7 Å². The molecule has 0 saturated heterocycles. The van der Waals surface area contributed by atoms with Crippen LogP contribution in [0.5, 0.6) is 0 Å². The van der Waals surface area contributed by atoms with Crippen molar-refractivity contribution in [2.24, 2.45) is 4.99 Å². The molecule has 68 valence electrons. The summed E-state index contributed by atoms with van der Waals surface area (Å²) in [5.74, 6) is 0.381. The lowest BCUT2D eigenvalue weighted by Gasteiger charge is -2.06. The van der Waals surface area contributed by atoms with Gasteiger partial charge in [-0.05, 0) is 6.92 Å². The molecule has 0 aromatic carbocycles. The van der Waals surface area contributed by atoms with E-state index in [9.17, 15) is 4.79 Å². The zero-order valence-corrected chi connectivity index (χ0v) is 7.26. The third kappa shape index (κ3) is 2.41. The molecule has 0 radical (unpaired) electrons. The van der Waals surface area contributed by atoms with Crippen molar-refractivity contribution in [2.45, 2.75) is 13.0 Å². The summed E-state index contributed by atoms with van der Waals surface area (Å²) >= 11 is 0. The van der Waals surface area contributed by atoms with Gasteiger partial charge in [-0.2, -0.15) is 0 Å². The molecule has 0 aromatic heterocycles. The number of guanidine groups is 1. The van der Waals surface area contributed by atoms with Crippen LogP contribution in [0.25, 0.3) is 0 Å². The molecule has 5 heteroatoms. The van der Waals surface area contributed by atoms with Crippen molar-refractivity contribution >= 4 is 11.9 Å². The first-order valence-corrected chi connectivity index (χ1v) is 3.84. The quantitative estimate of drug-likeness (QED) is 0.528. The fourth-order valence-electron chi connectivity index (χ4n) is 0.888. The van der Waals surface area contributed by atoms with Crippen molar-refractivity contribution in [3.05, 3.63) is 0 Å². The maximum Gasteiger partial charge on any atom is 0.325 e. The van der Waals surface area contributed by atoms with Crippen molar-refractivity contribution < 1.29 is 9.53 Å². The molecule has 0 amide bonds. The fourth-order valence-corrected chi connectivity index (χ4v) is 0.888. The highest BCUT2D eigenvalue weighted by molar-refractivity contribution is 5.85. The van der Waals surface area contributed by atoms with E-state index < -0.39 is 0 Å². The highest BCUT2D eigenvalue weighted by atomic mass is 16.5. The number of hydrogen-bond acceptors (Lipinski definition) is 5. The van der Waals surface area contributed by atoms with Gasteiger partial charge in [-0.3, -0.25) is 9.79 Å². The van der Waals surface area contributed by atoms with Crippen LogP contribution in [0, 0.1) is 0 Å². The minimum Gasteiger partial charge on any atom is -0.468 e. The van der Waals surface area contributed by atoms with Crippen molar-refractivity contribution in [3.8, 4) is 0 Å². The Bertz CT molecular complexity index is 203.